The Bertz CT molecular complexity index is 336. The summed E-state index contributed by atoms with van der Waals surface area (Å²) in [7, 11) is 0. The highest BCUT2D eigenvalue weighted by Gasteiger charge is 2.61. The summed E-state index contributed by atoms with van der Waals surface area (Å²) in [5.41, 5.74) is 0. The molecule has 80 valence electrons. The van der Waals surface area contributed by atoms with E-state index in [0.29, 0.717) is 5.06 Å². The Labute approximate surface area is 85.0 Å². The fraction of sp³-hybridized carbons (Fsp3) is 0.556. The molecule has 3 heterocycles. The van der Waals surface area contributed by atoms with E-state index < -0.39 is 30.4 Å². The minimum Gasteiger partial charge on any atom is -0.368 e. The summed E-state index contributed by atoms with van der Waals surface area (Å²) < 4.78 is 5.41. The third-order valence-electron chi connectivity index (χ3n) is 3.06. The van der Waals surface area contributed by atoms with Crippen LogP contribution in [0.15, 0.2) is 12.2 Å². The average Bonchev–Trinajstić information content (AvgIpc) is 2.87. The fourth-order valence-electron chi connectivity index (χ4n) is 2.46. The van der Waals surface area contributed by atoms with E-state index in [1.54, 1.807) is 12.2 Å². The van der Waals surface area contributed by atoms with Crippen LogP contribution in [-0.2, 0) is 19.2 Å². The average molecular weight is 211 g/mol. The van der Waals surface area contributed by atoms with Crippen molar-refractivity contribution < 1.29 is 24.3 Å². The highest BCUT2D eigenvalue weighted by Crippen LogP contribution is 2.44. The van der Waals surface area contributed by atoms with Gasteiger partial charge in [0.25, 0.3) is 11.8 Å². The molecule has 0 aliphatic carbocycles. The zero-order valence-electron chi connectivity index (χ0n) is 7.70. The second kappa shape index (κ2) is 2.88. The molecule has 1 N–H and O–H groups in total. The summed E-state index contributed by atoms with van der Waals surface area (Å²) in [6.45, 7) is -0.680. The van der Waals surface area contributed by atoms with Gasteiger partial charge < -0.3 is 9.84 Å². The maximum atomic E-state index is 11.7. The number of carbonyl (C=O) groups is 2. The highest BCUT2D eigenvalue weighted by molar-refractivity contribution is 6.05. The summed E-state index contributed by atoms with van der Waals surface area (Å²) in [6.07, 6.45) is 2.95. The number of imide groups is 1. The molecule has 3 rings (SSSR count). The van der Waals surface area contributed by atoms with Gasteiger partial charge in [-0.15, -0.1) is 0 Å². The third-order valence-corrected chi connectivity index (χ3v) is 3.06. The Morgan fingerprint density at radius 2 is 1.80 bits per heavy atom. The lowest BCUT2D eigenvalue weighted by molar-refractivity contribution is -0.212. The summed E-state index contributed by atoms with van der Waals surface area (Å²) in [4.78, 5) is 28.1. The molecular formula is C9H9NO5. The number of hydrogen-bond acceptors (Lipinski definition) is 5. The number of nitrogens with zero attached hydrogens (tertiary/aromatic N) is 1. The van der Waals surface area contributed by atoms with Crippen LogP contribution in [0, 0.1) is 11.8 Å². The fourth-order valence-corrected chi connectivity index (χ4v) is 2.46. The predicted molar refractivity (Wildman–Crippen MR) is 44.8 cm³/mol. The van der Waals surface area contributed by atoms with E-state index in [1.165, 1.54) is 0 Å². The van der Waals surface area contributed by atoms with Crippen LogP contribution in [0.4, 0.5) is 0 Å². The zero-order chi connectivity index (χ0) is 10.6. The molecule has 0 aromatic carbocycles. The van der Waals surface area contributed by atoms with Gasteiger partial charge in [0.15, 0.2) is 6.79 Å². The minimum atomic E-state index is -0.680. The Balaban J connectivity index is 1.93. The SMILES string of the molecule is O=C1C2C3C=CC(O3)C2C(=O)N1OCO. The van der Waals surface area contributed by atoms with Crippen LogP contribution in [0.25, 0.3) is 0 Å². The van der Waals surface area contributed by atoms with Crippen molar-refractivity contribution in [3.05, 3.63) is 12.2 Å². The van der Waals surface area contributed by atoms with Gasteiger partial charge in [0.2, 0.25) is 0 Å². The largest absolute Gasteiger partial charge is 0.368 e. The number of hydrogen-bond donors (Lipinski definition) is 1. The predicted octanol–water partition coefficient (Wildman–Crippen LogP) is -1.19. The minimum absolute atomic E-state index is 0.316. The molecule has 15 heavy (non-hydrogen) atoms. The number of hydroxylamine groups is 2. The van der Waals surface area contributed by atoms with E-state index in [4.69, 9.17) is 9.84 Å². The molecule has 2 saturated heterocycles. The Morgan fingerprint density at radius 1 is 1.27 bits per heavy atom. The smallest absolute Gasteiger partial charge is 0.260 e. The van der Waals surface area contributed by atoms with E-state index in [2.05, 4.69) is 4.84 Å². The lowest BCUT2D eigenvalue weighted by atomic mass is 9.85. The molecule has 0 radical (unpaired) electrons. The number of rotatable bonds is 2. The molecular weight excluding hydrogens is 202 g/mol. The summed E-state index contributed by atoms with van der Waals surface area (Å²) in [5, 5.41) is 9.22. The van der Waals surface area contributed by atoms with Crippen molar-refractivity contribution in [2.75, 3.05) is 6.79 Å². The van der Waals surface area contributed by atoms with Gasteiger partial charge in [-0.1, -0.05) is 12.2 Å². The van der Waals surface area contributed by atoms with Gasteiger partial charge in [-0.2, -0.15) is 5.06 Å². The van der Waals surface area contributed by atoms with Crippen LogP contribution >= 0.6 is 0 Å². The molecule has 2 amide bonds. The van der Waals surface area contributed by atoms with Gasteiger partial charge in [0.1, 0.15) is 0 Å². The standard InChI is InChI=1S/C9H9NO5/c11-3-14-10-8(12)6-4-1-2-5(15-4)7(6)9(10)13/h1-2,4-7,11H,3H2. The van der Waals surface area contributed by atoms with Crippen LogP contribution < -0.4 is 0 Å². The van der Waals surface area contributed by atoms with E-state index >= 15 is 0 Å². The third kappa shape index (κ3) is 0.983. The molecule has 0 aromatic heterocycles. The van der Waals surface area contributed by atoms with Crippen LogP contribution in [0.1, 0.15) is 0 Å². The number of ether oxygens (including phenoxy) is 1. The second-order valence-corrected chi connectivity index (χ2v) is 3.73. The van der Waals surface area contributed by atoms with E-state index in [9.17, 15) is 9.59 Å². The molecule has 0 saturated carbocycles. The first-order chi connectivity index (χ1) is 7.24. The maximum Gasteiger partial charge on any atom is 0.260 e. The molecule has 4 atom stereocenters. The highest BCUT2D eigenvalue weighted by atomic mass is 16.7. The number of fused-ring (bicyclic) bond motifs is 5. The van der Waals surface area contributed by atoms with Gasteiger partial charge in [-0.25, -0.2) is 4.84 Å². The number of aliphatic hydroxyl groups is 1. The first kappa shape index (κ1) is 9.02. The quantitative estimate of drug-likeness (QED) is 0.353. The van der Waals surface area contributed by atoms with E-state index in [0.717, 1.165) is 0 Å². The van der Waals surface area contributed by atoms with Crippen molar-refractivity contribution in [3.63, 3.8) is 0 Å². The van der Waals surface area contributed by atoms with Crippen LogP contribution in [0.2, 0.25) is 0 Å². The molecule has 2 bridgehead atoms. The van der Waals surface area contributed by atoms with Crippen molar-refractivity contribution >= 4 is 11.8 Å². The van der Waals surface area contributed by atoms with Crippen LogP contribution in [-0.4, -0.2) is 41.0 Å². The Hall–Kier alpha value is -1.24. The van der Waals surface area contributed by atoms with Gasteiger partial charge in [-0.05, 0) is 0 Å². The van der Waals surface area contributed by atoms with E-state index in [1.807, 2.05) is 0 Å². The molecule has 4 unspecified atom stereocenters. The number of aliphatic hydroxyl groups excluding tert-OH is 1. The molecule has 6 heteroatoms. The lowest BCUT2D eigenvalue weighted by Gasteiger charge is -2.14. The summed E-state index contributed by atoms with van der Waals surface area (Å²) in [5.74, 6) is -1.79. The van der Waals surface area contributed by atoms with Crippen molar-refractivity contribution in [1.82, 2.24) is 5.06 Å². The Morgan fingerprint density at radius 3 is 2.27 bits per heavy atom. The van der Waals surface area contributed by atoms with E-state index in [-0.39, 0.29) is 12.2 Å². The lowest BCUT2D eigenvalue weighted by Crippen LogP contribution is -2.34. The monoisotopic (exact) mass is 211 g/mol. The summed E-state index contributed by atoms with van der Waals surface area (Å²) in [6, 6.07) is 0. The molecule has 3 aliphatic heterocycles. The summed E-state index contributed by atoms with van der Waals surface area (Å²) >= 11 is 0. The van der Waals surface area contributed by atoms with Crippen molar-refractivity contribution in [2.45, 2.75) is 12.2 Å². The van der Waals surface area contributed by atoms with Crippen molar-refractivity contribution in [3.8, 4) is 0 Å². The second-order valence-electron chi connectivity index (χ2n) is 3.73. The molecule has 0 aromatic rings. The van der Waals surface area contributed by atoms with Gasteiger partial charge in [0, 0.05) is 0 Å². The van der Waals surface area contributed by atoms with Crippen LogP contribution in [0.5, 0.6) is 0 Å². The van der Waals surface area contributed by atoms with Crippen molar-refractivity contribution in [1.29, 1.82) is 0 Å². The Kier molecular flexibility index (Phi) is 1.73. The van der Waals surface area contributed by atoms with Crippen molar-refractivity contribution in [2.24, 2.45) is 11.8 Å². The maximum absolute atomic E-state index is 11.7. The molecule has 6 nitrogen and oxygen atoms in total. The zero-order valence-corrected chi connectivity index (χ0v) is 7.70. The number of amides is 2. The van der Waals surface area contributed by atoms with Gasteiger partial charge in [0.05, 0.1) is 24.0 Å². The number of carbonyl (C=O) groups excluding carboxylic acids is 2. The first-order valence-corrected chi connectivity index (χ1v) is 4.69. The molecule has 0 spiro atoms. The van der Waals surface area contributed by atoms with Gasteiger partial charge >= 0.3 is 0 Å². The van der Waals surface area contributed by atoms with Gasteiger partial charge in [-0.3, -0.25) is 9.59 Å². The van der Waals surface area contributed by atoms with Crippen LogP contribution in [0.3, 0.4) is 0 Å². The molecule has 3 aliphatic rings. The molecule has 2 fully saturated rings. The first-order valence-electron chi connectivity index (χ1n) is 4.69. The normalized spacial score (nSPS) is 41.8. The topological polar surface area (TPSA) is 76.1 Å².